The minimum atomic E-state index is -0.322. The van der Waals surface area contributed by atoms with E-state index in [4.69, 9.17) is 5.73 Å². The largest absolute Gasteiger partial charge is 0.369 e. The van der Waals surface area contributed by atoms with Gasteiger partial charge in [-0.1, -0.05) is 12.1 Å². The third-order valence-corrected chi connectivity index (χ3v) is 4.55. The van der Waals surface area contributed by atoms with E-state index in [1.165, 1.54) is 0 Å². The Kier molecular flexibility index (Phi) is 3.64. The van der Waals surface area contributed by atoms with Crippen LogP contribution in [-0.4, -0.2) is 34.3 Å². The molecule has 2 aromatic rings. The number of primary amides is 1. The molecule has 1 fully saturated rings. The summed E-state index contributed by atoms with van der Waals surface area (Å²) in [7, 11) is 0. The lowest BCUT2D eigenvalue weighted by molar-refractivity contribution is -0.123. The van der Waals surface area contributed by atoms with Gasteiger partial charge < -0.3 is 15.6 Å². The number of rotatable bonds is 2. The molecule has 0 spiro atoms. The van der Waals surface area contributed by atoms with Crippen LogP contribution in [0.1, 0.15) is 35.8 Å². The highest BCUT2D eigenvalue weighted by Gasteiger charge is 2.32. The first-order valence-electron chi connectivity index (χ1n) is 7.65. The van der Waals surface area contributed by atoms with Gasteiger partial charge in [-0.25, -0.2) is 0 Å². The molecule has 1 saturated heterocycles. The van der Waals surface area contributed by atoms with E-state index in [-0.39, 0.29) is 23.8 Å². The molecule has 5 heteroatoms. The van der Waals surface area contributed by atoms with Gasteiger partial charge in [-0.2, -0.15) is 0 Å². The smallest absolute Gasteiger partial charge is 0.270 e. The summed E-state index contributed by atoms with van der Waals surface area (Å²) in [5.74, 6) is -0.629. The van der Waals surface area contributed by atoms with Crippen LogP contribution < -0.4 is 5.73 Å². The van der Waals surface area contributed by atoms with Crippen molar-refractivity contribution in [1.29, 1.82) is 0 Å². The summed E-state index contributed by atoms with van der Waals surface area (Å²) < 4.78 is 0. The SMILES string of the molecule is Cc1ccc2cc(C(=O)N3C[C@H](C(N)=O)CC[C@H]3C)[nH]c2c1. The molecule has 1 aromatic heterocycles. The topological polar surface area (TPSA) is 79.2 Å². The van der Waals surface area contributed by atoms with E-state index in [1.807, 2.05) is 38.1 Å². The van der Waals surface area contributed by atoms with Crippen LogP contribution in [0.4, 0.5) is 0 Å². The van der Waals surface area contributed by atoms with Crippen molar-refractivity contribution in [1.82, 2.24) is 9.88 Å². The molecule has 2 amide bonds. The van der Waals surface area contributed by atoms with Crippen LogP contribution in [0.15, 0.2) is 24.3 Å². The normalized spacial score (nSPS) is 22.0. The first kappa shape index (κ1) is 14.6. The van der Waals surface area contributed by atoms with Crippen molar-refractivity contribution in [2.24, 2.45) is 11.7 Å². The number of nitrogens with two attached hydrogens (primary N) is 1. The zero-order chi connectivity index (χ0) is 15.9. The number of amides is 2. The molecule has 22 heavy (non-hydrogen) atoms. The second kappa shape index (κ2) is 5.48. The molecule has 0 aliphatic carbocycles. The molecule has 0 bridgehead atoms. The number of carbonyl (C=O) groups is 2. The van der Waals surface area contributed by atoms with Gasteiger partial charge in [0, 0.05) is 23.5 Å². The van der Waals surface area contributed by atoms with Crippen molar-refractivity contribution in [3.8, 4) is 0 Å². The highest BCUT2D eigenvalue weighted by atomic mass is 16.2. The maximum atomic E-state index is 12.8. The average molecular weight is 299 g/mol. The third kappa shape index (κ3) is 2.58. The van der Waals surface area contributed by atoms with Crippen LogP contribution in [0.5, 0.6) is 0 Å². The molecule has 116 valence electrons. The van der Waals surface area contributed by atoms with Crippen molar-refractivity contribution in [2.45, 2.75) is 32.7 Å². The fourth-order valence-corrected chi connectivity index (χ4v) is 3.13. The van der Waals surface area contributed by atoms with Crippen molar-refractivity contribution >= 4 is 22.7 Å². The summed E-state index contributed by atoms with van der Waals surface area (Å²) in [6.07, 6.45) is 1.56. The molecule has 3 N–H and O–H groups in total. The quantitative estimate of drug-likeness (QED) is 0.891. The maximum Gasteiger partial charge on any atom is 0.270 e. The Morgan fingerprint density at radius 1 is 1.27 bits per heavy atom. The molecule has 1 aliphatic rings. The summed E-state index contributed by atoms with van der Waals surface area (Å²) in [6.45, 7) is 4.44. The third-order valence-electron chi connectivity index (χ3n) is 4.55. The number of aromatic amines is 1. The number of likely N-dealkylation sites (tertiary alicyclic amines) is 1. The van der Waals surface area contributed by atoms with E-state index in [2.05, 4.69) is 4.98 Å². The van der Waals surface area contributed by atoms with Crippen LogP contribution in [0, 0.1) is 12.8 Å². The van der Waals surface area contributed by atoms with Gasteiger partial charge in [0.25, 0.3) is 5.91 Å². The lowest BCUT2D eigenvalue weighted by Crippen LogP contribution is -2.48. The number of H-pyrrole nitrogens is 1. The molecule has 0 radical (unpaired) electrons. The lowest BCUT2D eigenvalue weighted by atomic mass is 9.92. The lowest BCUT2D eigenvalue weighted by Gasteiger charge is -2.36. The molecule has 2 heterocycles. The highest BCUT2D eigenvalue weighted by molar-refractivity contribution is 5.98. The van der Waals surface area contributed by atoms with E-state index >= 15 is 0 Å². The summed E-state index contributed by atoms with van der Waals surface area (Å²) in [5, 5.41) is 1.02. The van der Waals surface area contributed by atoms with Crippen molar-refractivity contribution < 1.29 is 9.59 Å². The molecule has 1 aliphatic heterocycles. The van der Waals surface area contributed by atoms with Gasteiger partial charge >= 0.3 is 0 Å². The number of piperidine rings is 1. The van der Waals surface area contributed by atoms with E-state index in [0.717, 1.165) is 29.3 Å². The van der Waals surface area contributed by atoms with Crippen molar-refractivity contribution in [2.75, 3.05) is 6.54 Å². The number of aromatic nitrogens is 1. The van der Waals surface area contributed by atoms with Gasteiger partial charge in [-0.15, -0.1) is 0 Å². The molecule has 0 unspecified atom stereocenters. The van der Waals surface area contributed by atoms with E-state index in [0.29, 0.717) is 12.2 Å². The highest BCUT2D eigenvalue weighted by Crippen LogP contribution is 2.25. The monoisotopic (exact) mass is 299 g/mol. The maximum absolute atomic E-state index is 12.8. The second-order valence-corrected chi connectivity index (χ2v) is 6.26. The fraction of sp³-hybridized carbons (Fsp3) is 0.412. The predicted octanol–water partition coefficient (Wildman–Crippen LogP) is 2.20. The molecule has 1 aromatic carbocycles. The van der Waals surface area contributed by atoms with Gasteiger partial charge in [0.2, 0.25) is 5.91 Å². The van der Waals surface area contributed by atoms with E-state index in [9.17, 15) is 9.59 Å². The standard InChI is InChI=1S/C17H21N3O2/c1-10-3-5-12-8-15(19-14(12)7-10)17(22)20-9-13(16(18)21)6-4-11(20)2/h3,5,7-8,11,13,19H,4,6,9H2,1-2H3,(H2,18,21)/t11-,13-/m1/s1. The zero-order valence-corrected chi connectivity index (χ0v) is 12.9. The Hall–Kier alpha value is -2.30. The fourth-order valence-electron chi connectivity index (χ4n) is 3.13. The minimum absolute atomic E-state index is 0.0627. The molecule has 0 saturated carbocycles. The predicted molar refractivity (Wildman–Crippen MR) is 85.5 cm³/mol. The minimum Gasteiger partial charge on any atom is -0.369 e. The number of benzene rings is 1. The number of nitrogens with one attached hydrogen (secondary N) is 1. The Balaban J connectivity index is 1.88. The molecular weight excluding hydrogens is 278 g/mol. The molecule has 5 nitrogen and oxygen atoms in total. The van der Waals surface area contributed by atoms with Gasteiger partial charge in [0.05, 0.1) is 5.92 Å². The van der Waals surface area contributed by atoms with Gasteiger partial charge in [-0.05, 0) is 44.4 Å². The first-order valence-corrected chi connectivity index (χ1v) is 7.65. The second-order valence-electron chi connectivity index (χ2n) is 6.26. The summed E-state index contributed by atoms with van der Waals surface area (Å²) in [6, 6.07) is 8.05. The Bertz CT molecular complexity index is 735. The van der Waals surface area contributed by atoms with Crippen LogP contribution in [-0.2, 0) is 4.79 Å². The Morgan fingerprint density at radius 3 is 2.77 bits per heavy atom. The summed E-state index contributed by atoms with van der Waals surface area (Å²) in [4.78, 5) is 29.1. The summed E-state index contributed by atoms with van der Waals surface area (Å²) in [5.41, 5.74) is 8.08. The van der Waals surface area contributed by atoms with Crippen LogP contribution in [0.25, 0.3) is 10.9 Å². The van der Waals surface area contributed by atoms with Gasteiger partial charge in [0.15, 0.2) is 0 Å². The van der Waals surface area contributed by atoms with Gasteiger partial charge in [-0.3, -0.25) is 9.59 Å². The van der Waals surface area contributed by atoms with Crippen LogP contribution >= 0.6 is 0 Å². The van der Waals surface area contributed by atoms with Crippen molar-refractivity contribution in [3.63, 3.8) is 0 Å². The number of fused-ring (bicyclic) bond motifs is 1. The van der Waals surface area contributed by atoms with Crippen LogP contribution in [0.3, 0.4) is 0 Å². The van der Waals surface area contributed by atoms with E-state index < -0.39 is 0 Å². The number of aryl methyl sites for hydroxylation is 1. The number of hydrogen-bond donors (Lipinski definition) is 2. The average Bonchev–Trinajstić information content (AvgIpc) is 2.89. The first-order chi connectivity index (χ1) is 10.5. The number of carbonyl (C=O) groups excluding carboxylic acids is 2. The Morgan fingerprint density at radius 2 is 2.05 bits per heavy atom. The summed E-state index contributed by atoms with van der Waals surface area (Å²) >= 11 is 0. The number of hydrogen-bond acceptors (Lipinski definition) is 2. The van der Waals surface area contributed by atoms with Crippen molar-refractivity contribution in [3.05, 3.63) is 35.5 Å². The van der Waals surface area contributed by atoms with Gasteiger partial charge in [0.1, 0.15) is 5.69 Å². The van der Waals surface area contributed by atoms with E-state index in [1.54, 1.807) is 4.90 Å². The number of nitrogens with zero attached hydrogens (tertiary/aromatic N) is 1. The molecule has 3 rings (SSSR count). The Labute approximate surface area is 129 Å². The zero-order valence-electron chi connectivity index (χ0n) is 12.9. The molecule has 2 atom stereocenters. The van der Waals surface area contributed by atoms with Crippen LogP contribution in [0.2, 0.25) is 0 Å². The molecular formula is C17H21N3O2.